The highest BCUT2D eigenvalue weighted by atomic mass is 16.3. The standard InChI is InChI=1S/C23H27N3O2/c1-15-9-10-16(2)20-19(15)17(3)21(28-20)23(27)25-14-18-8-7-11-24-22(18)26-12-5-4-6-13-26/h7-11H,4-6,12-14H2,1-3H3,(H,25,27). The van der Waals surface area contributed by atoms with E-state index in [9.17, 15) is 4.79 Å². The summed E-state index contributed by atoms with van der Waals surface area (Å²) >= 11 is 0. The van der Waals surface area contributed by atoms with Gasteiger partial charge in [-0.15, -0.1) is 0 Å². The first-order valence-electron chi connectivity index (χ1n) is 10.0. The number of carbonyl (C=O) groups excluding carboxylic acids is 1. The molecule has 1 fully saturated rings. The first-order chi connectivity index (χ1) is 13.6. The molecule has 3 heterocycles. The number of furan rings is 1. The topological polar surface area (TPSA) is 58.4 Å². The summed E-state index contributed by atoms with van der Waals surface area (Å²) in [6.07, 6.45) is 5.49. The Balaban J connectivity index is 1.56. The Morgan fingerprint density at radius 2 is 1.86 bits per heavy atom. The average molecular weight is 377 g/mol. The van der Waals surface area contributed by atoms with Crippen molar-refractivity contribution in [2.75, 3.05) is 18.0 Å². The zero-order valence-corrected chi connectivity index (χ0v) is 16.8. The van der Waals surface area contributed by atoms with Crippen LogP contribution in [0.4, 0.5) is 5.82 Å². The minimum atomic E-state index is -0.180. The molecule has 0 bridgehead atoms. The predicted molar refractivity (Wildman–Crippen MR) is 112 cm³/mol. The van der Waals surface area contributed by atoms with E-state index in [4.69, 9.17) is 4.42 Å². The van der Waals surface area contributed by atoms with Crippen LogP contribution >= 0.6 is 0 Å². The molecule has 28 heavy (non-hydrogen) atoms. The molecule has 0 radical (unpaired) electrons. The largest absolute Gasteiger partial charge is 0.450 e. The van der Waals surface area contributed by atoms with Crippen LogP contribution in [0.3, 0.4) is 0 Å². The van der Waals surface area contributed by atoms with Crippen LogP contribution in [0.5, 0.6) is 0 Å². The molecular formula is C23H27N3O2. The lowest BCUT2D eigenvalue weighted by atomic mass is 10.0. The van der Waals surface area contributed by atoms with E-state index in [2.05, 4.69) is 21.3 Å². The normalized spacial score (nSPS) is 14.5. The highest BCUT2D eigenvalue weighted by molar-refractivity contribution is 6.00. The number of amides is 1. The van der Waals surface area contributed by atoms with Crippen molar-refractivity contribution < 1.29 is 9.21 Å². The van der Waals surface area contributed by atoms with E-state index < -0.39 is 0 Å². The first kappa shape index (κ1) is 18.5. The van der Waals surface area contributed by atoms with E-state index in [0.717, 1.165) is 52.1 Å². The van der Waals surface area contributed by atoms with Crippen molar-refractivity contribution in [2.24, 2.45) is 0 Å². The lowest BCUT2D eigenvalue weighted by Gasteiger charge is -2.29. The average Bonchev–Trinajstić information content (AvgIpc) is 3.08. The molecular weight excluding hydrogens is 350 g/mol. The van der Waals surface area contributed by atoms with Crippen LogP contribution in [0.1, 0.15) is 52.1 Å². The third-order valence-electron chi connectivity index (χ3n) is 5.65. The SMILES string of the molecule is Cc1ccc(C)c2c(C)c(C(=O)NCc3cccnc3N3CCCCC3)oc12. The van der Waals surface area contributed by atoms with Gasteiger partial charge in [-0.2, -0.15) is 0 Å². The number of aryl methyl sites for hydroxylation is 3. The number of fused-ring (bicyclic) bond motifs is 1. The summed E-state index contributed by atoms with van der Waals surface area (Å²) in [6, 6.07) is 8.07. The Labute approximate surface area is 165 Å². The Kier molecular flexibility index (Phi) is 5.07. The van der Waals surface area contributed by atoms with Crippen molar-refractivity contribution in [1.29, 1.82) is 0 Å². The highest BCUT2D eigenvalue weighted by Crippen LogP contribution is 2.30. The van der Waals surface area contributed by atoms with Crippen LogP contribution in [0.2, 0.25) is 0 Å². The molecule has 1 amide bonds. The van der Waals surface area contributed by atoms with E-state index in [1.165, 1.54) is 19.3 Å². The summed E-state index contributed by atoms with van der Waals surface area (Å²) in [5.41, 5.74) is 4.91. The Morgan fingerprint density at radius 3 is 2.61 bits per heavy atom. The molecule has 0 atom stereocenters. The van der Waals surface area contributed by atoms with E-state index >= 15 is 0 Å². The second kappa shape index (κ2) is 7.66. The summed E-state index contributed by atoms with van der Waals surface area (Å²) in [5, 5.41) is 4.08. The highest BCUT2D eigenvalue weighted by Gasteiger charge is 2.21. The van der Waals surface area contributed by atoms with Gasteiger partial charge in [0.15, 0.2) is 5.76 Å². The molecule has 1 aliphatic rings. The molecule has 5 heteroatoms. The zero-order valence-electron chi connectivity index (χ0n) is 16.8. The smallest absolute Gasteiger partial charge is 0.287 e. The number of piperidine rings is 1. The minimum Gasteiger partial charge on any atom is -0.450 e. The van der Waals surface area contributed by atoms with E-state index in [1.54, 1.807) is 0 Å². The first-order valence-corrected chi connectivity index (χ1v) is 10.0. The van der Waals surface area contributed by atoms with Crippen LogP contribution < -0.4 is 10.2 Å². The number of pyridine rings is 1. The van der Waals surface area contributed by atoms with Crippen LogP contribution in [0.25, 0.3) is 11.0 Å². The third kappa shape index (κ3) is 3.37. The quantitative estimate of drug-likeness (QED) is 0.718. The van der Waals surface area contributed by atoms with Gasteiger partial charge in [-0.25, -0.2) is 4.98 Å². The summed E-state index contributed by atoms with van der Waals surface area (Å²) in [5.74, 6) is 1.20. The van der Waals surface area contributed by atoms with Gasteiger partial charge in [0.25, 0.3) is 5.91 Å². The second-order valence-corrected chi connectivity index (χ2v) is 7.68. The molecule has 2 aromatic heterocycles. The second-order valence-electron chi connectivity index (χ2n) is 7.68. The molecule has 0 saturated carbocycles. The lowest BCUT2D eigenvalue weighted by Crippen LogP contribution is -2.32. The molecule has 146 valence electrons. The number of nitrogens with one attached hydrogen (secondary N) is 1. The molecule has 1 N–H and O–H groups in total. The van der Waals surface area contributed by atoms with Gasteiger partial charge in [-0.05, 0) is 57.2 Å². The molecule has 1 saturated heterocycles. The maximum atomic E-state index is 12.9. The number of aromatic nitrogens is 1. The molecule has 0 unspecified atom stereocenters. The monoisotopic (exact) mass is 377 g/mol. The molecule has 4 rings (SSSR count). The fourth-order valence-corrected chi connectivity index (χ4v) is 4.11. The van der Waals surface area contributed by atoms with Crippen molar-refractivity contribution >= 4 is 22.7 Å². The number of anilines is 1. The van der Waals surface area contributed by atoms with Gasteiger partial charge in [-0.1, -0.05) is 18.2 Å². The fraction of sp³-hybridized carbons (Fsp3) is 0.391. The maximum Gasteiger partial charge on any atom is 0.287 e. The zero-order chi connectivity index (χ0) is 19.7. The molecule has 1 aromatic carbocycles. The number of hydrogen-bond donors (Lipinski definition) is 1. The van der Waals surface area contributed by atoms with Crippen molar-refractivity contribution in [3.63, 3.8) is 0 Å². The molecule has 1 aliphatic heterocycles. The number of rotatable bonds is 4. The third-order valence-corrected chi connectivity index (χ3v) is 5.65. The summed E-state index contributed by atoms with van der Waals surface area (Å²) in [6.45, 7) is 8.50. The fourth-order valence-electron chi connectivity index (χ4n) is 4.11. The molecule has 5 nitrogen and oxygen atoms in total. The summed E-state index contributed by atoms with van der Waals surface area (Å²) in [4.78, 5) is 19.8. The Bertz CT molecular complexity index is 1020. The van der Waals surface area contributed by atoms with Gasteiger partial charge in [0, 0.05) is 42.3 Å². The molecule has 0 aliphatic carbocycles. The number of hydrogen-bond acceptors (Lipinski definition) is 4. The number of benzene rings is 1. The summed E-state index contributed by atoms with van der Waals surface area (Å²) < 4.78 is 5.97. The molecule has 3 aromatic rings. The van der Waals surface area contributed by atoms with E-state index in [-0.39, 0.29) is 5.91 Å². The Morgan fingerprint density at radius 1 is 1.11 bits per heavy atom. The Hall–Kier alpha value is -2.82. The van der Waals surface area contributed by atoms with Gasteiger partial charge in [0.1, 0.15) is 11.4 Å². The van der Waals surface area contributed by atoms with Crippen molar-refractivity contribution in [3.8, 4) is 0 Å². The van der Waals surface area contributed by atoms with Gasteiger partial charge < -0.3 is 14.6 Å². The minimum absolute atomic E-state index is 0.180. The van der Waals surface area contributed by atoms with Crippen LogP contribution in [0.15, 0.2) is 34.9 Å². The summed E-state index contributed by atoms with van der Waals surface area (Å²) in [7, 11) is 0. The van der Waals surface area contributed by atoms with Gasteiger partial charge in [-0.3, -0.25) is 4.79 Å². The van der Waals surface area contributed by atoms with Gasteiger partial charge in [0.2, 0.25) is 0 Å². The molecule has 0 spiro atoms. The van der Waals surface area contributed by atoms with Crippen LogP contribution in [0, 0.1) is 20.8 Å². The van der Waals surface area contributed by atoms with Gasteiger partial charge in [0.05, 0.1) is 0 Å². The van der Waals surface area contributed by atoms with Crippen molar-refractivity contribution in [3.05, 3.63) is 58.5 Å². The van der Waals surface area contributed by atoms with Crippen LogP contribution in [-0.2, 0) is 6.54 Å². The van der Waals surface area contributed by atoms with Crippen LogP contribution in [-0.4, -0.2) is 24.0 Å². The van der Waals surface area contributed by atoms with Crippen molar-refractivity contribution in [1.82, 2.24) is 10.3 Å². The lowest BCUT2D eigenvalue weighted by molar-refractivity contribution is 0.0924. The number of carbonyl (C=O) groups is 1. The number of nitrogens with zero attached hydrogens (tertiary/aromatic N) is 2. The van der Waals surface area contributed by atoms with E-state index in [1.807, 2.05) is 45.2 Å². The van der Waals surface area contributed by atoms with Gasteiger partial charge >= 0.3 is 0 Å². The van der Waals surface area contributed by atoms with Crippen molar-refractivity contribution in [2.45, 2.75) is 46.6 Å². The van der Waals surface area contributed by atoms with E-state index in [0.29, 0.717) is 12.3 Å². The predicted octanol–water partition coefficient (Wildman–Crippen LogP) is 4.67. The maximum absolute atomic E-state index is 12.9.